The maximum atomic E-state index is 12.8. The van der Waals surface area contributed by atoms with Gasteiger partial charge < -0.3 is 20.3 Å². The zero-order valence-electron chi connectivity index (χ0n) is 20.0. The number of para-hydroxylation sites is 1. The number of aromatic nitrogens is 3. The van der Waals surface area contributed by atoms with Crippen molar-refractivity contribution in [3.8, 4) is 0 Å². The minimum Gasteiger partial charge on any atom is -0.444 e. The molecular formula is C24H30N6O4S. The van der Waals surface area contributed by atoms with Crippen LogP contribution in [0.25, 0.3) is 10.2 Å². The van der Waals surface area contributed by atoms with Gasteiger partial charge in [0, 0.05) is 18.0 Å². The molecule has 1 saturated heterocycles. The Morgan fingerprint density at radius 1 is 1.29 bits per heavy atom. The van der Waals surface area contributed by atoms with Gasteiger partial charge in [0.1, 0.15) is 18.0 Å². The normalized spacial score (nSPS) is 17.8. The Hall–Kier alpha value is -3.47. The Bertz CT molecular complexity index is 1160. The fraction of sp³-hybridized carbons (Fsp3) is 0.458. The van der Waals surface area contributed by atoms with Gasteiger partial charge in [-0.3, -0.25) is 14.7 Å². The van der Waals surface area contributed by atoms with Crippen LogP contribution in [0, 0.1) is 5.41 Å². The Morgan fingerprint density at radius 2 is 2.09 bits per heavy atom. The smallest absolute Gasteiger partial charge is 0.408 e. The number of carbonyl (C=O) groups is 3. The molecule has 3 aromatic rings. The van der Waals surface area contributed by atoms with E-state index in [2.05, 4.69) is 25.7 Å². The number of thiazole rings is 1. The van der Waals surface area contributed by atoms with Gasteiger partial charge >= 0.3 is 6.09 Å². The third kappa shape index (κ3) is 5.79. The number of aromatic amines is 1. The van der Waals surface area contributed by atoms with Crippen molar-refractivity contribution in [2.45, 2.75) is 52.2 Å². The second kappa shape index (κ2) is 10.4. The predicted octanol–water partition coefficient (Wildman–Crippen LogP) is 3.73. The van der Waals surface area contributed by atoms with Crippen LogP contribution in [0.3, 0.4) is 0 Å². The maximum Gasteiger partial charge on any atom is 0.408 e. The molecule has 2 atom stereocenters. The molecule has 1 aliphatic rings. The topological polar surface area (TPSA) is 129 Å². The monoisotopic (exact) mass is 498 g/mol. The third-order valence-electron chi connectivity index (χ3n) is 6.09. The van der Waals surface area contributed by atoms with E-state index in [1.165, 1.54) is 12.3 Å². The first-order chi connectivity index (χ1) is 16.8. The third-order valence-corrected chi connectivity index (χ3v) is 7.18. The SMILES string of the molecule is CCCC[C@H](NC(=O)O[C@@H]1CN(c2nc3ccccc3s2)CC1(C)C)C(=O)C(=O)Nc1ccn[nH]1. The molecule has 10 nitrogen and oxygen atoms in total. The Morgan fingerprint density at radius 3 is 2.80 bits per heavy atom. The minimum absolute atomic E-state index is 0.308. The van der Waals surface area contributed by atoms with Gasteiger partial charge in [0.15, 0.2) is 5.13 Å². The van der Waals surface area contributed by atoms with Crippen molar-refractivity contribution in [1.82, 2.24) is 20.5 Å². The first-order valence-electron chi connectivity index (χ1n) is 11.7. The molecule has 11 heteroatoms. The zero-order valence-corrected chi connectivity index (χ0v) is 20.9. The van der Waals surface area contributed by atoms with E-state index in [9.17, 15) is 14.4 Å². The quantitative estimate of drug-likeness (QED) is 0.383. The lowest BCUT2D eigenvalue weighted by atomic mass is 9.90. The number of alkyl carbamates (subject to hydrolysis) is 1. The van der Waals surface area contributed by atoms with E-state index in [-0.39, 0.29) is 5.41 Å². The number of anilines is 2. The van der Waals surface area contributed by atoms with Gasteiger partial charge in [-0.15, -0.1) is 0 Å². The number of unbranched alkanes of at least 4 members (excludes halogenated alkanes) is 1. The van der Waals surface area contributed by atoms with Gasteiger partial charge in [0.2, 0.25) is 5.78 Å². The van der Waals surface area contributed by atoms with E-state index in [4.69, 9.17) is 9.72 Å². The van der Waals surface area contributed by atoms with Gasteiger partial charge in [-0.2, -0.15) is 5.10 Å². The van der Waals surface area contributed by atoms with Crippen LogP contribution in [0.5, 0.6) is 0 Å². The fourth-order valence-corrected chi connectivity index (χ4v) is 5.07. The van der Waals surface area contributed by atoms with Crippen molar-refractivity contribution in [1.29, 1.82) is 0 Å². The number of hydrogen-bond donors (Lipinski definition) is 3. The number of amides is 2. The summed E-state index contributed by atoms with van der Waals surface area (Å²) < 4.78 is 6.89. The lowest BCUT2D eigenvalue weighted by Gasteiger charge is -2.26. The summed E-state index contributed by atoms with van der Waals surface area (Å²) >= 11 is 1.61. The number of ether oxygens (including phenoxy) is 1. The van der Waals surface area contributed by atoms with Crippen LogP contribution in [0.2, 0.25) is 0 Å². The molecule has 0 radical (unpaired) electrons. The standard InChI is InChI=1S/C24H30N6O4S/c1-4-5-8-16(20(31)21(32)28-19-11-12-25-29-19)27-23(33)34-18-13-30(14-24(18,2)3)22-26-15-9-6-7-10-17(15)35-22/h6-7,9-12,16,18H,4-5,8,13-14H2,1-3H3,(H,27,33)(H2,25,28,29,32)/t16-,18+/m0/s1. The number of nitrogens with one attached hydrogen (secondary N) is 3. The van der Waals surface area contributed by atoms with Crippen molar-refractivity contribution in [2.75, 3.05) is 23.3 Å². The van der Waals surface area contributed by atoms with E-state index >= 15 is 0 Å². The molecule has 0 saturated carbocycles. The molecule has 2 aromatic heterocycles. The summed E-state index contributed by atoms with van der Waals surface area (Å²) in [6.07, 6.45) is 2.18. The average molecular weight is 499 g/mol. The number of Topliss-reactive ketones (excluding diaryl/α,β-unsaturated/α-hetero) is 1. The lowest BCUT2D eigenvalue weighted by Crippen LogP contribution is -2.47. The number of fused-ring (bicyclic) bond motifs is 1. The fourth-order valence-electron chi connectivity index (χ4n) is 4.09. The Kier molecular flexibility index (Phi) is 7.34. The summed E-state index contributed by atoms with van der Waals surface area (Å²) in [4.78, 5) is 44.8. The average Bonchev–Trinajstić information content (AvgIpc) is 3.55. The first-order valence-corrected chi connectivity index (χ1v) is 12.5. The summed E-state index contributed by atoms with van der Waals surface area (Å²) in [6.45, 7) is 7.22. The van der Waals surface area contributed by atoms with Crippen LogP contribution in [0.4, 0.5) is 15.7 Å². The van der Waals surface area contributed by atoms with Crippen molar-refractivity contribution in [2.24, 2.45) is 5.41 Å². The van der Waals surface area contributed by atoms with Crippen LogP contribution in [-0.4, -0.2) is 58.2 Å². The summed E-state index contributed by atoms with van der Waals surface area (Å²) in [5, 5.41) is 12.3. The molecule has 0 bridgehead atoms. The molecule has 1 fully saturated rings. The van der Waals surface area contributed by atoms with E-state index in [0.29, 0.717) is 31.7 Å². The molecule has 3 N–H and O–H groups in total. The number of carbonyl (C=O) groups excluding carboxylic acids is 3. The molecule has 0 aliphatic carbocycles. The van der Waals surface area contributed by atoms with Crippen molar-refractivity contribution in [3.63, 3.8) is 0 Å². The highest BCUT2D eigenvalue weighted by atomic mass is 32.1. The van der Waals surface area contributed by atoms with Crippen LogP contribution in [0.15, 0.2) is 36.5 Å². The van der Waals surface area contributed by atoms with Crippen molar-refractivity contribution >= 4 is 50.3 Å². The second-order valence-electron chi connectivity index (χ2n) is 9.36. The second-order valence-corrected chi connectivity index (χ2v) is 10.4. The molecule has 0 unspecified atom stereocenters. The van der Waals surface area contributed by atoms with Crippen LogP contribution in [0.1, 0.15) is 40.0 Å². The van der Waals surface area contributed by atoms with Crippen LogP contribution in [-0.2, 0) is 14.3 Å². The van der Waals surface area contributed by atoms with Gasteiger partial charge in [-0.25, -0.2) is 9.78 Å². The molecule has 1 aliphatic heterocycles. The maximum absolute atomic E-state index is 12.8. The highest BCUT2D eigenvalue weighted by Gasteiger charge is 2.43. The molecule has 35 heavy (non-hydrogen) atoms. The Labute approximate surface area is 207 Å². The number of nitrogens with zero attached hydrogens (tertiary/aromatic N) is 3. The molecule has 4 rings (SSSR count). The van der Waals surface area contributed by atoms with Gasteiger partial charge in [-0.1, -0.05) is 57.1 Å². The summed E-state index contributed by atoms with van der Waals surface area (Å²) in [5.74, 6) is -1.24. The number of ketones is 1. The van der Waals surface area contributed by atoms with Gasteiger partial charge in [-0.05, 0) is 18.6 Å². The highest BCUT2D eigenvalue weighted by molar-refractivity contribution is 7.22. The van der Waals surface area contributed by atoms with Crippen molar-refractivity contribution in [3.05, 3.63) is 36.5 Å². The number of hydrogen-bond acceptors (Lipinski definition) is 8. The molecule has 186 valence electrons. The minimum atomic E-state index is -0.977. The predicted molar refractivity (Wildman–Crippen MR) is 135 cm³/mol. The lowest BCUT2D eigenvalue weighted by molar-refractivity contribution is -0.136. The highest BCUT2D eigenvalue weighted by Crippen LogP contribution is 2.38. The van der Waals surface area contributed by atoms with Gasteiger partial charge in [0.05, 0.1) is 23.0 Å². The summed E-state index contributed by atoms with van der Waals surface area (Å²) in [5.41, 5.74) is 0.619. The van der Waals surface area contributed by atoms with Crippen LogP contribution >= 0.6 is 11.3 Å². The zero-order chi connectivity index (χ0) is 25.0. The molecular weight excluding hydrogens is 468 g/mol. The molecule has 0 spiro atoms. The summed E-state index contributed by atoms with van der Waals surface area (Å²) in [7, 11) is 0. The van der Waals surface area contributed by atoms with E-state index < -0.39 is 29.9 Å². The van der Waals surface area contributed by atoms with Crippen LogP contribution < -0.4 is 15.5 Å². The van der Waals surface area contributed by atoms with E-state index in [1.807, 2.05) is 45.0 Å². The number of rotatable bonds is 9. The van der Waals surface area contributed by atoms with E-state index in [0.717, 1.165) is 21.8 Å². The van der Waals surface area contributed by atoms with Crippen molar-refractivity contribution < 1.29 is 19.1 Å². The van der Waals surface area contributed by atoms with Gasteiger partial charge in [0.25, 0.3) is 5.91 Å². The largest absolute Gasteiger partial charge is 0.444 e. The summed E-state index contributed by atoms with van der Waals surface area (Å²) in [6, 6.07) is 8.52. The van der Waals surface area contributed by atoms with E-state index in [1.54, 1.807) is 11.3 Å². The molecule has 1 aromatic carbocycles. The first kappa shape index (κ1) is 24.6. The number of H-pyrrole nitrogens is 1. The Balaban J connectivity index is 1.39. The molecule has 2 amide bonds. The number of benzene rings is 1. The molecule has 3 heterocycles.